The third-order valence-corrected chi connectivity index (χ3v) is 3.74. The molecule has 5 nitrogen and oxygen atoms in total. The third kappa shape index (κ3) is 3.11. The number of aliphatic hydroxyl groups is 1. The van der Waals surface area contributed by atoms with Crippen LogP contribution in [0.2, 0.25) is 0 Å². The summed E-state index contributed by atoms with van der Waals surface area (Å²) in [6.45, 7) is 0.0774. The van der Waals surface area contributed by atoms with E-state index in [9.17, 15) is 4.79 Å². The van der Waals surface area contributed by atoms with Crippen molar-refractivity contribution >= 4 is 5.97 Å². The molecule has 1 aromatic rings. The van der Waals surface area contributed by atoms with E-state index in [2.05, 4.69) is 0 Å². The standard InChI is InChI=1S/C15H21NO4/c1-19-14(18)15(16)8-6-12(10-15)20-13-5-3-2-4-11(13)7-9-17/h2-5,12,17H,6-10,16H2,1H3. The molecule has 5 heteroatoms. The molecular weight excluding hydrogens is 258 g/mol. The molecule has 2 unspecified atom stereocenters. The van der Waals surface area contributed by atoms with Crippen LogP contribution in [0.1, 0.15) is 24.8 Å². The maximum Gasteiger partial charge on any atom is 0.325 e. The molecule has 0 amide bonds. The SMILES string of the molecule is COC(=O)C1(N)CCC(Oc2ccccc2CCO)C1. The zero-order chi connectivity index (χ0) is 14.6. The second-order valence-corrected chi connectivity index (χ2v) is 5.21. The van der Waals surface area contributed by atoms with Gasteiger partial charge in [0.25, 0.3) is 0 Å². The van der Waals surface area contributed by atoms with Gasteiger partial charge in [0.15, 0.2) is 0 Å². The molecule has 0 heterocycles. The molecule has 3 N–H and O–H groups in total. The molecule has 0 aliphatic heterocycles. The molecule has 1 fully saturated rings. The van der Waals surface area contributed by atoms with Gasteiger partial charge in [-0.15, -0.1) is 0 Å². The Balaban J connectivity index is 2.04. The van der Waals surface area contributed by atoms with Crippen LogP contribution in [0.5, 0.6) is 5.75 Å². The molecule has 0 bridgehead atoms. The highest BCUT2D eigenvalue weighted by Crippen LogP contribution is 2.33. The molecule has 1 aliphatic rings. The minimum absolute atomic E-state index is 0.0774. The molecule has 1 aliphatic carbocycles. The van der Waals surface area contributed by atoms with E-state index in [1.54, 1.807) is 0 Å². The number of benzene rings is 1. The van der Waals surface area contributed by atoms with Crippen LogP contribution in [0.15, 0.2) is 24.3 Å². The summed E-state index contributed by atoms with van der Waals surface area (Å²) >= 11 is 0. The molecule has 0 spiro atoms. The minimum atomic E-state index is -0.939. The Labute approximate surface area is 118 Å². The number of rotatable bonds is 5. The lowest BCUT2D eigenvalue weighted by atomic mass is 10.00. The molecule has 2 atom stereocenters. The Morgan fingerprint density at radius 1 is 1.50 bits per heavy atom. The Morgan fingerprint density at radius 2 is 2.25 bits per heavy atom. The van der Waals surface area contributed by atoms with Crippen LogP contribution >= 0.6 is 0 Å². The Hall–Kier alpha value is -1.59. The number of hydrogen-bond acceptors (Lipinski definition) is 5. The summed E-state index contributed by atoms with van der Waals surface area (Å²) in [5.74, 6) is 0.368. The topological polar surface area (TPSA) is 81.8 Å². The zero-order valence-electron chi connectivity index (χ0n) is 11.7. The molecule has 0 aromatic heterocycles. The number of para-hydroxylation sites is 1. The van der Waals surface area contributed by atoms with Crippen molar-refractivity contribution in [2.75, 3.05) is 13.7 Å². The maximum absolute atomic E-state index is 11.7. The number of nitrogens with two attached hydrogens (primary N) is 1. The number of aliphatic hydroxyl groups excluding tert-OH is 1. The highest BCUT2D eigenvalue weighted by Gasteiger charge is 2.44. The van der Waals surface area contributed by atoms with Gasteiger partial charge in [0.05, 0.1) is 7.11 Å². The average Bonchev–Trinajstić information content (AvgIpc) is 2.83. The second-order valence-electron chi connectivity index (χ2n) is 5.21. The lowest BCUT2D eigenvalue weighted by molar-refractivity contribution is -0.147. The number of carbonyl (C=O) groups is 1. The number of methoxy groups -OCH3 is 1. The summed E-state index contributed by atoms with van der Waals surface area (Å²) in [4.78, 5) is 11.7. The van der Waals surface area contributed by atoms with Crippen LogP contribution in [0, 0.1) is 0 Å². The minimum Gasteiger partial charge on any atom is -0.490 e. The quantitative estimate of drug-likeness (QED) is 0.787. The fourth-order valence-corrected chi connectivity index (χ4v) is 2.64. The van der Waals surface area contributed by atoms with Crippen molar-refractivity contribution in [2.45, 2.75) is 37.3 Å². The maximum atomic E-state index is 11.7. The number of hydrogen-bond donors (Lipinski definition) is 2. The summed E-state index contributed by atoms with van der Waals surface area (Å²) in [6.07, 6.45) is 2.19. The molecule has 0 radical (unpaired) electrons. The van der Waals surface area contributed by atoms with E-state index in [0.717, 1.165) is 17.7 Å². The van der Waals surface area contributed by atoms with Crippen LogP contribution < -0.4 is 10.5 Å². The van der Waals surface area contributed by atoms with E-state index in [-0.39, 0.29) is 18.7 Å². The van der Waals surface area contributed by atoms with Gasteiger partial charge in [-0.25, -0.2) is 0 Å². The van der Waals surface area contributed by atoms with Crippen molar-refractivity contribution in [1.82, 2.24) is 0 Å². The van der Waals surface area contributed by atoms with Gasteiger partial charge in [0.1, 0.15) is 17.4 Å². The van der Waals surface area contributed by atoms with E-state index in [1.165, 1.54) is 7.11 Å². The first-order chi connectivity index (χ1) is 9.59. The molecule has 0 saturated heterocycles. The predicted octanol–water partition coefficient (Wildman–Crippen LogP) is 1.02. The summed E-state index contributed by atoms with van der Waals surface area (Å²) in [5, 5.41) is 9.06. The highest BCUT2D eigenvalue weighted by atomic mass is 16.5. The molecule has 1 aromatic carbocycles. The van der Waals surface area contributed by atoms with Gasteiger partial charge in [-0.1, -0.05) is 18.2 Å². The van der Waals surface area contributed by atoms with Crippen molar-refractivity contribution < 1.29 is 19.4 Å². The Kier molecular flexibility index (Phi) is 4.62. The van der Waals surface area contributed by atoms with Gasteiger partial charge in [0.2, 0.25) is 0 Å². The van der Waals surface area contributed by atoms with Crippen molar-refractivity contribution in [3.8, 4) is 5.75 Å². The van der Waals surface area contributed by atoms with Crippen LogP contribution in [-0.4, -0.2) is 36.4 Å². The fraction of sp³-hybridized carbons (Fsp3) is 0.533. The van der Waals surface area contributed by atoms with Gasteiger partial charge >= 0.3 is 5.97 Å². The smallest absolute Gasteiger partial charge is 0.325 e. The van der Waals surface area contributed by atoms with Gasteiger partial charge in [0, 0.05) is 13.0 Å². The molecule has 110 valence electrons. The van der Waals surface area contributed by atoms with Crippen molar-refractivity contribution in [3.63, 3.8) is 0 Å². The normalized spacial score (nSPS) is 25.4. The Morgan fingerprint density at radius 3 is 2.95 bits per heavy atom. The number of ether oxygens (including phenoxy) is 2. The van der Waals surface area contributed by atoms with Gasteiger partial charge in [-0.3, -0.25) is 4.79 Å². The summed E-state index contributed by atoms with van der Waals surface area (Å²) in [7, 11) is 1.35. The zero-order valence-corrected chi connectivity index (χ0v) is 11.7. The van der Waals surface area contributed by atoms with Crippen LogP contribution in [0.3, 0.4) is 0 Å². The lowest BCUT2D eigenvalue weighted by Crippen LogP contribution is -2.47. The predicted molar refractivity (Wildman–Crippen MR) is 74.4 cm³/mol. The fourth-order valence-electron chi connectivity index (χ4n) is 2.64. The average molecular weight is 279 g/mol. The van der Waals surface area contributed by atoms with Crippen LogP contribution in [-0.2, 0) is 16.0 Å². The van der Waals surface area contributed by atoms with Gasteiger partial charge < -0.3 is 20.3 Å². The molecular formula is C15H21NO4. The molecule has 1 saturated carbocycles. The largest absolute Gasteiger partial charge is 0.490 e. The monoisotopic (exact) mass is 279 g/mol. The summed E-state index contributed by atoms with van der Waals surface area (Å²) in [6, 6.07) is 7.60. The van der Waals surface area contributed by atoms with E-state index >= 15 is 0 Å². The number of esters is 1. The first-order valence-corrected chi connectivity index (χ1v) is 6.82. The summed E-state index contributed by atoms with van der Waals surface area (Å²) < 4.78 is 10.7. The Bertz CT molecular complexity index is 477. The van der Waals surface area contributed by atoms with E-state index in [1.807, 2.05) is 24.3 Å². The highest BCUT2D eigenvalue weighted by molar-refractivity contribution is 5.80. The first kappa shape index (κ1) is 14.8. The van der Waals surface area contributed by atoms with Crippen LogP contribution in [0.25, 0.3) is 0 Å². The second kappa shape index (κ2) is 6.24. The molecule has 20 heavy (non-hydrogen) atoms. The van der Waals surface area contributed by atoms with Crippen molar-refractivity contribution in [1.29, 1.82) is 0 Å². The van der Waals surface area contributed by atoms with Crippen LogP contribution in [0.4, 0.5) is 0 Å². The lowest BCUT2D eigenvalue weighted by Gasteiger charge is -2.21. The van der Waals surface area contributed by atoms with E-state index in [0.29, 0.717) is 19.3 Å². The molecule has 2 rings (SSSR count). The van der Waals surface area contributed by atoms with Gasteiger partial charge in [-0.05, 0) is 30.9 Å². The number of carbonyl (C=O) groups excluding carboxylic acids is 1. The first-order valence-electron chi connectivity index (χ1n) is 6.82. The van der Waals surface area contributed by atoms with Gasteiger partial charge in [-0.2, -0.15) is 0 Å². The third-order valence-electron chi connectivity index (χ3n) is 3.74. The van der Waals surface area contributed by atoms with Crippen molar-refractivity contribution in [3.05, 3.63) is 29.8 Å². The summed E-state index contributed by atoms with van der Waals surface area (Å²) in [5.41, 5.74) is 6.08. The van der Waals surface area contributed by atoms with E-state index in [4.69, 9.17) is 20.3 Å². The van der Waals surface area contributed by atoms with Crippen molar-refractivity contribution in [2.24, 2.45) is 5.73 Å². The van der Waals surface area contributed by atoms with E-state index < -0.39 is 5.54 Å².